The summed E-state index contributed by atoms with van der Waals surface area (Å²) < 4.78 is 6.59. The number of hydrogen-bond acceptors (Lipinski definition) is 4. The van der Waals surface area contributed by atoms with Gasteiger partial charge in [-0.05, 0) is 39.4 Å². The van der Waals surface area contributed by atoms with Crippen molar-refractivity contribution in [2.75, 3.05) is 0 Å². The van der Waals surface area contributed by atoms with Gasteiger partial charge >= 0.3 is 0 Å². The molecule has 0 saturated heterocycles. The molecule has 0 fully saturated rings. The van der Waals surface area contributed by atoms with Gasteiger partial charge < -0.3 is 9.73 Å². The second kappa shape index (κ2) is 12.3. The summed E-state index contributed by atoms with van der Waals surface area (Å²) in [5.41, 5.74) is 11.5. The van der Waals surface area contributed by atoms with Crippen molar-refractivity contribution in [3.05, 3.63) is 193 Å². The number of nitrogens with zero attached hydrogens (tertiary/aromatic N) is 2. The molecular weight excluding hydrogens is 599 g/mol. The third-order valence-electron chi connectivity index (χ3n) is 9.18. The van der Waals surface area contributed by atoms with Gasteiger partial charge in [0.1, 0.15) is 22.8 Å². The summed E-state index contributed by atoms with van der Waals surface area (Å²) >= 11 is 0. The van der Waals surface area contributed by atoms with Gasteiger partial charge in [0, 0.05) is 27.5 Å². The van der Waals surface area contributed by atoms with Crippen LogP contribution in [-0.4, -0.2) is 11.7 Å². The number of furan rings is 1. The second-order valence-corrected chi connectivity index (χ2v) is 12.2. The first kappa shape index (κ1) is 28.7. The highest BCUT2D eigenvalue weighted by molar-refractivity contribution is 6.24. The molecular formula is C45H31N3O. The van der Waals surface area contributed by atoms with E-state index in [0.29, 0.717) is 0 Å². The van der Waals surface area contributed by atoms with Gasteiger partial charge in [0.2, 0.25) is 0 Å². The predicted octanol–water partition coefficient (Wildman–Crippen LogP) is 11.1. The molecule has 2 heterocycles. The molecule has 8 aromatic rings. The maximum atomic E-state index is 6.59. The minimum Gasteiger partial charge on any atom is -0.455 e. The van der Waals surface area contributed by atoms with E-state index in [2.05, 4.69) is 151 Å². The third kappa shape index (κ3) is 5.39. The van der Waals surface area contributed by atoms with Gasteiger partial charge in [-0.3, -0.25) is 0 Å². The normalized spacial score (nSPS) is 14.3. The molecule has 1 aromatic heterocycles. The van der Waals surface area contributed by atoms with Crippen LogP contribution in [0.25, 0.3) is 55.3 Å². The lowest BCUT2D eigenvalue weighted by Crippen LogP contribution is -2.36. The van der Waals surface area contributed by atoms with Gasteiger partial charge in [-0.1, -0.05) is 170 Å². The predicted molar refractivity (Wildman–Crippen MR) is 202 cm³/mol. The van der Waals surface area contributed by atoms with Crippen LogP contribution in [0.5, 0.6) is 0 Å². The Morgan fingerprint density at radius 2 is 0.918 bits per heavy atom. The fourth-order valence-electron chi connectivity index (χ4n) is 6.70. The van der Waals surface area contributed by atoms with E-state index < -0.39 is 6.17 Å². The summed E-state index contributed by atoms with van der Waals surface area (Å²) in [6.07, 6.45) is -0.432. The molecule has 232 valence electrons. The molecule has 49 heavy (non-hydrogen) atoms. The molecule has 0 amide bonds. The Hall–Kier alpha value is -6.52. The molecule has 0 aliphatic carbocycles. The molecule has 4 nitrogen and oxygen atoms in total. The van der Waals surface area contributed by atoms with Gasteiger partial charge in [0.05, 0.1) is 0 Å². The largest absolute Gasteiger partial charge is 0.455 e. The lowest BCUT2D eigenvalue weighted by atomic mass is 9.99. The van der Waals surface area contributed by atoms with E-state index in [4.69, 9.17) is 14.4 Å². The van der Waals surface area contributed by atoms with E-state index in [1.807, 2.05) is 30.3 Å². The number of amidine groups is 2. The zero-order chi connectivity index (χ0) is 32.6. The van der Waals surface area contributed by atoms with E-state index in [0.717, 1.165) is 72.6 Å². The first-order chi connectivity index (χ1) is 24.3. The zero-order valence-corrected chi connectivity index (χ0v) is 26.6. The Balaban J connectivity index is 1.16. The van der Waals surface area contributed by atoms with Crippen molar-refractivity contribution in [3.8, 4) is 33.4 Å². The van der Waals surface area contributed by atoms with Gasteiger partial charge in [0.25, 0.3) is 0 Å². The molecule has 9 rings (SSSR count). The summed E-state index contributed by atoms with van der Waals surface area (Å²) in [6, 6.07) is 61.0. The number of hydrogen-bond donors (Lipinski definition) is 1. The van der Waals surface area contributed by atoms with Crippen LogP contribution >= 0.6 is 0 Å². The van der Waals surface area contributed by atoms with Crippen LogP contribution in [-0.2, 0) is 0 Å². The van der Waals surface area contributed by atoms with Crippen molar-refractivity contribution in [2.45, 2.75) is 6.17 Å². The van der Waals surface area contributed by atoms with Gasteiger partial charge in [-0.15, -0.1) is 0 Å². The number of rotatable bonds is 6. The fourth-order valence-corrected chi connectivity index (χ4v) is 6.70. The molecule has 0 saturated carbocycles. The fraction of sp³-hybridized carbons (Fsp3) is 0.0222. The van der Waals surface area contributed by atoms with Crippen LogP contribution in [0.1, 0.15) is 22.9 Å². The van der Waals surface area contributed by atoms with Gasteiger partial charge in [-0.25, -0.2) is 9.98 Å². The van der Waals surface area contributed by atoms with E-state index in [1.165, 1.54) is 11.1 Å². The van der Waals surface area contributed by atoms with Crippen molar-refractivity contribution in [1.29, 1.82) is 0 Å². The number of fused-ring (bicyclic) bond motifs is 3. The van der Waals surface area contributed by atoms with Gasteiger partial charge in [-0.2, -0.15) is 0 Å². The Kier molecular flexibility index (Phi) is 7.17. The minimum atomic E-state index is -0.432. The molecule has 1 aliphatic heterocycles. The highest BCUT2D eigenvalue weighted by Gasteiger charge is 2.24. The molecule has 1 aliphatic rings. The molecule has 0 spiro atoms. The van der Waals surface area contributed by atoms with E-state index in [-0.39, 0.29) is 0 Å². The molecule has 1 N–H and O–H groups in total. The molecule has 0 radical (unpaired) electrons. The molecule has 4 heteroatoms. The maximum absolute atomic E-state index is 6.59. The average Bonchev–Trinajstić information content (AvgIpc) is 3.58. The second-order valence-electron chi connectivity index (χ2n) is 12.2. The molecule has 0 bridgehead atoms. The highest BCUT2D eigenvalue weighted by atomic mass is 16.3. The van der Waals surface area contributed by atoms with Crippen LogP contribution in [0, 0.1) is 0 Å². The summed E-state index contributed by atoms with van der Waals surface area (Å²) in [5, 5.41) is 5.71. The topological polar surface area (TPSA) is 49.9 Å². The van der Waals surface area contributed by atoms with E-state index in [1.54, 1.807) is 0 Å². The van der Waals surface area contributed by atoms with Crippen molar-refractivity contribution < 1.29 is 4.42 Å². The number of para-hydroxylation sites is 1. The molecule has 1 unspecified atom stereocenters. The lowest BCUT2D eigenvalue weighted by Gasteiger charge is -2.23. The van der Waals surface area contributed by atoms with Crippen molar-refractivity contribution >= 4 is 33.6 Å². The van der Waals surface area contributed by atoms with Crippen LogP contribution in [0.4, 0.5) is 0 Å². The molecule has 1 atom stereocenters. The summed E-state index contributed by atoms with van der Waals surface area (Å²) in [7, 11) is 0. The maximum Gasteiger partial charge on any atom is 0.169 e. The quantitative estimate of drug-likeness (QED) is 0.199. The van der Waals surface area contributed by atoms with Crippen molar-refractivity contribution in [1.82, 2.24) is 5.32 Å². The summed E-state index contributed by atoms with van der Waals surface area (Å²) in [4.78, 5) is 10.4. The third-order valence-corrected chi connectivity index (χ3v) is 9.18. The summed E-state index contributed by atoms with van der Waals surface area (Å²) in [6.45, 7) is 0. The smallest absolute Gasteiger partial charge is 0.169 e. The lowest BCUT2D eigenvalue weighted by molar-refractivity contribution is 0.670. The number of aliphatic imine (C=N–C) groups is 2. The van der Waals surface area contributed by atoms with Crippen LogP contribution in [0.15, 0.2) is 190 Å². The van der Waals surface area contributed by atoms with Crippen LogP contribution < -0.4 is 5.32 Å². The van der Waals surface area contributed by atoms with Crippen LogP contribution in [0.3, 0.4) is 0 Å². The van der Waals surface area contributed by atoms with Crippen LogP contribution in [0.2, 0.25) is 0 Å². The van der Waals surface area contributed by atoms with E-state index in [9.17, 15) is 0 Å². The highest BCUT2D eigenvalue weighted by Crippen LogP contribution is 2.38. The minimum absolute atomic E-state index is 0.432. The first-order valence-electron chi connectivity index (χ1n) is 16.5. The monoisotopic (exact) mass is 629 g/mol. The molecule has 7 aromatic carbocycles. The first-order valence-corrected chi connectivity index (χ1v) is 16.5. The van der Waals surface area contributed by atoms with Crippen molar-refractivity contribution in [2.24, 2.45) is 9.98 Å². The SMILES string of the molecule is c1ccc(-c2ccc(C3=NC(c4ccc(-c5ccccc5)cc4)N=C(c4cccc5oc6c(-c7ccccc7)cccc6c45)N3)cc2)cc1. The Labute approximate surface area is 284 Å². The zero-order valence-electron chi connectivity index (χ0n) is 26.6. The number of benzene rings is 7. The Morgan fingerprint density at radius 3 is 1.57 bits per heavy atom. The van der Waals surface area contributed by atoms with Crippen molar-refractivity contribution in [3.63, 3.8) is 0 Å². The average molecular weight is 630 g/mol. The van der Waals surface area contributed by atoms with E-state index >= 15 is 0 Å². The standard InChI is InChI=1S/C45H31N3O/c1-4-12-30(13-5-1)32-22-26-35(27-23-32)43-46-44(36-28-24-33(25-29-36)31-14-6-2-7-15-31)48-45(47-43)39-20-11-21-40-41(39)38-19-10-18-37(42(38)49-40)34-16-8-3-9-17-34/h1-29,43H,(H,46,47,48). The van der Waals surface area contributed by atoms with Gasteiger partial charge in [0.15, 0.2) is 6.17 Å². The Morgan fingerprint density at radius 1 is 0.408 bits per heavy atom. The Bertz CT molecular complexity index is 2480. The number of nitrogens with one attached hydrogen (secondary N) is 1. The summed E-state index contributed by atoms with van der Waals surface area (Å²) in [5.74, 6) is 1.53.